The lowest BCUT2D eigenvalue weighted by molar-refractivity contribution is -0.144. The monoisotopic (exact) mass is 173 g/mol. The Labute approximate surface area is 71.4 Å². The van der Waals surface area contributed by atoms with Gasteiger partial charge < -0.3 is 15.9 Å². The number of rotatable bonds is 2. The maximum atomic E-state index is 10.4. The van der Waals surface area contributed by atoms with Crippen molar-refractivity contribution in [1.29, 1.82) is 0 Å². The first-order valence-corrected chi connectivity index (χ1v) is 4.22. The lowest BCUT2D eigenvalue weighted by Gasteiger charge is -2.33. The number of aliphatic carboxylic acids is 1. The highest BCUT2D eigenvalue weighted by atomic mass is 16.4. The number of aliphatic hydroxyl groups is 1. The van der Waals surface area contributed by atoms with E-state index in [1.807, 2.05) is 0 Å². The van der Waals surface area contributed by atoms with Gasteiger partial charge in [-0.05, 0) is 25.7 Å². The number of carbonyl (C=O) groups is 1. The molecule has 70 valence electrons. The summed E-state index contributed by atoms with van der Waals surface area (Å²) in [6, 6.07) is 0.138. The Kier molecular flexibility index (Phi) is 2.69. The fourth-order valence-electron chi connectivity index (χ4n) is 1.64. The molecule has 0 heterocycles. The number of nitrogens with two attached hydrogens (primary N) is 1. The molecule has 0 aromatic rings. The molecule has 1 saturated carbocycles. The maximum absolute atomic E-state index is 10.4. The third kappa shape index (κ3) is 2.46. The zero-order valence-electron chi connectivity index (χ0n) is 6.99. The topological polar surface area (TPSA) is 83.5 Å². The molecule has 0 bridgehead atoms. The molecule has 4 N–H and O–H groups in total. The van der Waals surface area contributed by atoms with Gasteiger partial charge in [0.2, 0.25) is 0 Å². The quantitative estimate of drug-likeness (QED) is 0.552. The first kappa shape index (κ1) is 9.48. The summed E-state index contributed by atoms with van der Waals surface area (Å²) in [4.78, 5) is 10.4. The first-order chi connectivity index (χ1) is 5.52. The predicted molar refractivity (Wildman–Crippen MR) is 43.6 cm³/mol. The van der Waals surface area contributed by atoms with Gasteiger partial charge in [0.15, 0.2) is 0 Å². The van der Waals surface area contributed by atoms with E-state index < -0.39 is 11.6 Å². The zero-order valence-corrected chi connectivity index (χ0v) is 6.99. The van der Waals surface area contributed by atoms with Crippen molar-refractivity contribution in [1.82, 2.24) is 0 Å². The lowest BCUT2D eigenvalue weighted by atomic mass is 9.80. The van der Waals surface area contributed by atoms with Crippen LogP contribution in [-0.2, 0) is 4.79 Å². The summed E-state index contributed by atoms with van der Waals surface area (Å²) >= 11 is 0. The van der Waals surface area contributed by atoms with Crippen molar-refractivity contribution < 1.29 is 15.0 Å². The average Bonchev–Trinajstić information content (AvgIpc) is 1.94. The molecule has 0 radical (unpaired) electrons. The van der Waals surface area contributed by atoms with Crippen LogP contribution in [-0.4, -0.2) is 27.8 Å². The highest BCUT2D eigenvalue weighted by molar-refractivity contribution is 5.68. The van der Waals surface area contributed by atoms with Crippen LogP contribution < -0.4 is 5.73 Å². The van der Waals surface area contributed by atoms with Gasteiger partial charge in [-0.2, -0.15) is 0 Å². The van der Waals surface area contributed by atoms with E-state index in [1.165, 1.54) is 0 Å². The summed E-state index contributed by atoms with van der Waals surface area (Å²) in [5, 5.41) is 18.2. The van der Waals surface area contributed by atoms with Crippen molar-refractivity contribution >= 4 is 5.97 Å². The molecule has 0 amide bonds. The normalized spacial score (nSPS) is 36.3. The number of carboxylic acids is 1. The molecule has 1 aliphatic carbocycles. The van der Waals surface area contributed by atoms with Crippen molar-refractivity contribution in [2.45, 2.75) is 43.7 Å². The van der Waals surface area contributed by atoms with E-state index in [0.717, 1.165) is 12.8 Å². The van der Waals surface area contributed by atoms with Crippen LogP contribution in [0.5, 0.6) is 0 Å². The van der Waals surface area contributed by atoms with Gasteiger partial charge in [0, 0.05) is 6.04 Å². The second kappa shape index (κ2) is 3.41. The van der Waals surface area contributed by atoms with E-state index in [4.69, 9.17) is 10.8 Å². The van der Waals surface area contributed by atoms with Gasteiger partial charge >= 0.3 is 5.97 Å². The molecule has 0 spiro atoms. The minimum absolute atomic E-state index is 0.138. The molecule has 1 aliphatic rings. The van der Waals surface area contributed by atoms with E-state index >= 15 is 0 Å². The van der Waals surface area contributed by atoms with Crippen molar-refractivity contribution in [3.63, 3.8) is 0 Å². The average molecular weight is 173 g/mol. The molecule has 0 saturated heterocycles. The van der Waals surface area contributed by atoms with Gasteiger partial charge in [-0.15, -0.1) is 0 Å². The molecule has 12 heavy (non-hydrogen) atoms. The van der Waals surface area contributed by atoms with Crippen molar-refractivity contribution in [2.24, 2.45) is 5.73 Å². The Balaban J connectivity index is 2.44. The van der Waals surface area contributed by atoms with Crippen LogP contribution in [0.25, 0.3) is 0 Å². The number of hydrogen-bond donors (Lipinski definition) is 3. The van der Waals surface area contributed by atoms with Crippen LogP contribution >= 0.6 is 0 Å². The van der Waals surface area contributed by atoms with Crippen LogP contribution in [0, 0.1) is 0 Å². The standard InChI is InChI=1S/C8H15NO3/c9-6-1-3-8(12,4-2-6)5-7(10)11/h6,12H,1-5,9H2,(H,10,11). The summed E-state index contributed by atoms with van der Waals surface area (Å²) < 4.78 is 0. The van der Waals surface area contributed by atoms with E-state index in [9.17, 15) is 9.90 Å². The highest BCUT2D eigenvalue weighted by Gasteiger charge is 2.33. The Hall–Kier alpha value is -0.610. The second-order valence-electron chi connectivity index (χ2n) is 3.63. The van der Waals surface area contributed by atoms with Crippen LogP contribution in [0.2, 0.25) is 0 Å². The van der Waals surface area contributed by atoms with Crippen LogP contribution in [0.3, 0.4) is 0 Å². The largest absolute Gasteiger partial charge is 0.481 e. The molecule has 0 atom stereocenters. The Morgan fingerprint density at radius 1 is 1.50 bits per heavy atom. The molecule has 4 nitrogen and oxygen atoms in total. The first-order valence-electron chi connectivity index (χ1n) is 4.22. The second-order valence-corrected chi connectivity index (χ2v) is 3.63. The van der Waals surface area contributed by atoms with Crippen molar-refractivity contribution in [3.05, 3.63) is 0 Å². The van der Waals surface area contributed by atoms with Gasteiger partial charge in [-0.3, -0.25) is 4.79 Å². The fourth-order valence-corrected chi connectivity index (χ4v) is 1.64. The summed E-state index contributed by atoms with van der Waals surface area (Å²) in [5.41, 5.74) is 4.63. The molecule has 0 aromatic carbocycles. The van der Waals surface area contributed by atoms with Gasteiger partial charge in [-0.1, -0.05) is 0 Å². The van der Waals surface area contributed by atoms with E-state index in [2.05, 4.69) is 0 Å². The summed E-state index contributed by atoms with van der Waals surface area (Å²) in [6.45, 7) is 0. The molecule has 1 fully saturated rings. The third-order valence-corrected chi connectivity index (χ3v) is 2.44. The Morgan fingerprint density at radius 3 is 2.42 bits per heavy atom. The number of carboxylic acid groups (broad SMARTS) is 1. The van der Waals surface area contributed by atoms with Crippen LogP contribution in [0.4, 0.5) is 0 Å². The Bertz CT molecular complexity index is 173. The van der Waals surface area contributed by atoms with Gasteiger partial charge in [0.1, 0.15) is 0 Å². The van der Waals surface area contributed by atoms with Crippen LogP contribution in [0.15, 0.2) is 0 Å². The number of hydrogen-bond acceptors (Lipinski definition) is 3. The lowest BCUT2D eigenvalue weighted by Crippen LogP contribution is -2.40. The smallest absolute Gasteiger partial charge is 0.306 e. The van der Waals surface area contributed by atoms with Gasteiger partial charge in [0.25, 0.3) is 0 Å². The van der Waals surface area contributed by atoms with Crippen molar-refractivity contribution in [3.8, 4) is 0 Å². The highest BCUT2D eigenvalue weighted by Crippen LogP contribution is 2.30. The maximum Gasteiger partial charge on any atom is 0.306 e. The molecule has 0 unspecified atom stereocenters. The third-order valence-electron chi connectivity index (χ3n) is 2.44. The zero-order chi connectivity index (χ0) is 9.19. The Morgan fingerprint density at radius 2 is 2.00 bits per heavy atom. The fraction of sp³-hybridized carbons (Fsp3) is 0.875. The summed E-state index contributed by atoms with van der Waals surface area (Å²) in [5.74, 6) is -0.937. The van der Waals surface area contributed by atoms with E-state index in [-0.39, 0.29) is 12.5 Å². The molecule has 4 heteroatoms. The summed E-state index contributed by atoms with van der Waals surface area (Å²) in [6.07, 6.45) is 2.33. The molecular formula is C8H15NO3. The summed E-state index contributed by atoms with van der Waals surface area (Å²) in [7, 11) is 0. The van der Waals surface area contributed by atoms with Crippen molar-refractivity contribution in [2.75, 3.05) is 0 Å². The van der Waals surface area contributed by atoms with Gasteiger partial charge in [-0.25, -0.2) is 0 Å². The molecule has 0 aromatic heterocycles. The molecular weight excluding hydrogens is 158 g/mol. The molecule has 1 rings (SSSR count). The predicted octanol–water partition coefficient (Wildman–Crippen LogP) is 0.0935. The van der Waals surface area contributed by atoms with E-state index in [0.29, 0.717) is 12.8 Å². The van der Waals surface area contributed by atoms with E-state index in [1.54, 1.807) is 0 Å². The minimum Gasteiger partial charge on any atom is -0.481 e. The SMILES string of the molecule is NC1CCC(O)(CC(=O)O)CC1. The molecule has 0 aliphatic heterocycles. The van der Waals surface area contributed by atoms with Gasteiger partial charge in [0.05, 0.1) is 12.0 Å². The minimum atomic E-state index is -0.998. The van der Waals surface area contributed by atoms with Crippen LogP contribution in [0.1, 0.15) is 32.1 Å².